The van der Waals surface area contributed by atoms with Crippen LogP contribution in [0.4, 0.5) is 0 Å². The Kier molecular flexibility index (Phi) is 6.59. The summed E-state index contributed by atoms with van der Waals surface area (Å²) in [6.07, 6.45) is 4.74. The Hall–Kier alpha value is -3.08. The number of nitrogens with one attached hydrogen (secondary N) is 1. The molecule has 168 valence electrons. The van der Waals surface area contributed by atoms with Crippen LogP contribution in [-0.4, -0.2) is 47.0 Å². The molecule has 0 radical (unpaired) electrons. The number of rotatable bonds is 6. The normalized spacial score (nSPS) is 11.5. The van der Waals surface area contributed by atoms with Crippen LogP contribution in [0.5, 0.6) is 0 Å². The summed E-state index contributed by atoms with van der Waals surface area (Å²) in [6, 6.07) is 13.4. The molecule has 0 fully saturated rings. The van der Waals surface area contributed by atoms with Crippen molar-refractivity contribution in [3.8, 4) is 11.3 Å². The number of amides is 1. The third-order valence-electron chi connectivity index (χ3n) is 4.75. The number of thioether (sulfide) groups is 1. The summed E-state index contributed by atoms with van der Waals surface area (Å²) < 4.78 is 23.7. The lowest BCUT2D eigenvalue weighted by Gasteiger charge is -2.08. The van der Waals surface area contributed by atoms with E-state index >= 15 is 0 Å². The average Bonchev–Trinajstić information content (AvgIpc) is 2.81. The molecule has 3 heterocycles. The minimum absolute atomic E-state index is 0.0650. The van der Waals surface area contributed by atoms with Crippen LogP contribution in [0.2, 0.25) is 5.02 Å². The van der Waals surface area contributed by atoms with Crippen LogP contribution in [0.15, 0.2) is 64.6 Å². The van der Waals surface area contributed by atoms with Gasteiger partial charge in [0, 0.05) is 23.6 Å². The molecule has 1 N–H and O–H groups in total. The van der Waals surface area contributed by atoms with Crippen molar-refractivity contribution < 1.29 is 13.2 Å². The van der Waals surface area contributed by atoms with Gasteiger partial charge < -0.3 is 5.32 Å². The lowest BCUT2D eigenvalue weighted by molar-refractivity contribution is 0.0950. The van der Waals surface area contributed by atoms with Crippen LogP contribution in [0.25, 0.3) is 22.3 Å². The Bertz CT molecular complexity index is 1480. The first kappa shape index (κ1) is 23.1. The molecule has 33 heavy (non-hydrogen) atoms. The molecule has 0 atom stereocenters. The van der Waals surface area contributed by atoms with Gasteiger partial charge in [0.05, 0.1) is 38.4 Å². The second-order valence-corrected chi connectivity index (χ2v) is 10.3. The van der Waals surface area contributed by atoms with Crippen LogP contribution < -0.4 is 5.32 Å². The van der Waals surface area contributed by atoms with Crippen molar-refractivity contribution >= 4 is 50.1 Å². The summed E-state index contributed by atoms with van der Waals surface area (Å²) in [7, 11) is -3.56. The highest BCUT2D eigenvalue weighted by Crippen LogP contribution is 2.24. The molecule has 4 rings (SSSR count). The molecule has 4 aromatic rings. The highest BCUT2D eigenvalue weighted by molar-refractivity contribution is 7.98. The number of halogens is 1. The number of sulfone groups is 1. The zero-order chi connectivity index (χ0) is 23.6. The number of nitrogens with zero attached hydrogens (tertiary/aromatic N) is 4. The molecule has 3 aromatic heterocycles. The smallest absolute Gasteiger partial charge is 0.251 e. The zero-order valence-electron chi connectivity index (χ0n) is 17.6. The van der Waals surface area contributed by atoms with Gasteiger partial charge in [-0.15, -0.1) is 16.9 Å². The van der Waals surface area contributed by atoms with Crippen LogP contribution in [0.1, 0.15) is 16.1 Å². The average molecular weight is 500 g/mol. The first-order chi connectivity index (χ1) is 15.7. The van der Waals surface area contributed by atoms with Gasteiger partial charge in [0.25, 0.3) is 5.91 Å². The van der Waals surface area contributed by atoms with Crippen LogP contribution >= 0.6 is 23.4 Å². The molecule has 0 aliphatic carbocycles. The van der Waals surface area contributed by atoms with Crippen molar-refractivity contribution in [3.63, 3.8) is 0 Å². The number of hydrogen-bond acceptors (Lipinski definition) is 8. The molecule has 1 amide bonds. The summed E-state index contributed by atoms with van der Waals surface area (Å²) in [4.78, 5) is 21.4. The minimum Gasteiger partial charge on any atom is -0.346 e. The number of carbonyl (C=O) groups is 1. The summed E-state index contributed by atoms with van der Waals surface area (Å²) in [6.45, 7) is 0.0936. The fourth-order valence-corrected chi connectivity index (χ4v) is 4.80. The minimum atomic E-state index is -3.56. The van der Waals surface area contributed by atoms with Gasteiger partial charge >= 0.3 is 0 Å². The van der Waals surface area contributed by atoms with E-state index in [0.717, 1.165) is 22.5 Å². The predicted molar refractivity (Wildman–Crippen MR) is 128 cm³/mol. The first-order valence-electron chi connectivity index (χ1n) is 9.66. The SMILES string of the molecule is CSc1cc(-c2ccc3nnc(CNC(=O)c4ccc(Cl)c(S(C)(=O)=O)c4)cc3n2)ccn1. The van der Waals surface area contributed by atoms with Crippen molar-refractivity contribution in [3.05, 3.63) is 71.0 Å². The van der Waals surface area contributed by atoms with Crippen molar-refractivity contribution in [2.45, 2.75) is 16.5 Å². The topological polar surface area (TPSA) is 115 Å². The van der Waals surface area contributed by atoms with E-state index in [1.807, 2.05) is 30.5 Å². The molecule has 0 aliphatic heterocycles. The standard InChI is InChI=1S/C22H18ClN5O3S2/c1-32-21-10-13(7-8-24-21)17-5-6-18-19(26-17)11-15(27-28-18)12-25-22(29)14-3-4-16(23)20(9-14)33(2,30)31/h3-11H,12H2,1-2H3,(H,25,29). The maximum atomic E-state index is 12.6. The van der Waals surface area contributed by atoms with E-state index in [4.69, 9.17) is 11.6 Å². The first-order valence-corrected chi connectivity index (χ1v) is 13.2. The molecule has 0 aliphatic rings. The number of fused-ring (bicyclic) bond motifs is 1. The molecule has 8 nitrogen and oxygen atoms in total. The zero-order valence-corrected chi connectivity index (χ0v) is 20.0. The van der Waals surface area contributed by atoms with Gasteiger partial charge in [-0.1, -0.05) is 11.6 Å². The number of pyridine rings is 2. The van der Waals surface area contributed by atoms with E-state index in [2.05, 4.69) is 25.5 Å². The van der Waals surface area contributed by atoms with Crippen molar-refractivity contribution in [2.75, 3.05) is 12.5 Å². The van der Waals surface area contributed by atoms with Crippen LogP contribution in [0.3, 0.4) is 0 Å². The molecule has 0 saturated carbocycles. The monoisotopic (exact) mass is 499 g/mol. The summed E-state index contributed by atoms with van der Waals surface area (Å²) in [5, 5.41) is 12.0. The second-order valence-electron chi connectivity index (χ2n) is 7.12. The van der Waals surface area contributed by atoms with E-state index < -0.39 is 15.7 Å². The lowest BCUT2D eigenvalue weighted by Crippen LogP contribution is -2.23. The van der Waals surface area contributed by atoms with E-state index in [9.17, 15) is 13.2 Å². The Morgan fingerprint density at radius 1 is 1.06 bits per heavy atom. The van der Waals surface area contributed by atoms with Crippen molar-refractivity contribution in [1.82, 2.24) is 25.5 Å². The van der Waals surface area contributed by atoms with Gasteiger partial charge in [0.1, 0.15) is 5.52 Å². The van der Waals surface area contributed by atoms with E-state index in [1.165, 1.54) is 18.2 Å². The Balaban J connectivity index is 1.55. The number of aromatic nitrogens is 4. The van der Waals surface area contributed by atoms with Gasteiger partial charge in [-0.3, -0.25) is 4.79 Å². The maximum absolute atomic E-state index is 12.6. The lowest BCUT2D eigenvalue weighted by atomic mass is 10.1. The Morgan fingerprint density at radius 3 is 2.64 bits per heavy atom. The van der Waals surface area contributed by atoms with Gasteiger partial charge in [0.2, 0.25) is 0 Å². The molecule has 0 unspecified atom stereocenters. The molecule has 0 saturated heterocycles. The van der Waals surface area contributed by atoms with Crippen LogP contribution in [0, 0.1) is 0 Å². The fraction of sp³-hybridized carbons (Fsp3) is 0.136. The molecule has 0 bridgehead atoms. The highest BCUT2D eigenvalue weighted by Gasteiger charge is 2.16. The van der Waals surface area contributed by atoms with Crippen molar-refractivity contribution in [2.24, 2.45) is 0 Å². The largest absolute Gasteiger partial charge is 0.346 e. The molecule has 11 heteroatoms. The molecular weight excluding hydrogens is 482 g/mol. The van der Waals surface area contributed by atoms with Gasteiger partial charge in [-0.25, -0.2) is 18.4 Å². The maximum Gasteiger partial charge on any atom is 0.251 e. The van der Waals surface area contributed by atoms with Crippen molar-refractivity contribution in [1.29, 1.82) is 0 Å². The summed E-state index contributed by atoms with van der Waals surface area (Å²) in [5.74, 6) is -0.457. The third kappa shape index (κ3) is 5.29. The second kappa shape index (κ2) is 9.42. The fourth-order valence-electron chi connectivity index (χ4n) is 3.09. The third-order valence-corrected chi connectivity index (χ3v) is 6.97. The highest BCUT2D eigenvalue weighted by atomic mass is 35.5. The number of benzene rings is 1. The van der Waals surface area contributed by atoms with E-state index in [0.29, 0.717) is 16.7 Å². The Labute approximate surface area is 199 Å². The summed E-state index contributed by atoms with van der Waals surface area (Å²) >= 11 is 7.50. The predicted octanol–water partition coefficient (Wildman–Crippen LogP) is 3.80. The molecule has 0 spiro atoms. The van der Waals surface area contributed by atoms with E-state index in [-0.39, 0.29) is 22.0 Å². The van der Waals surface area contributed by atoms with Gasteiger partial charge in [0.15, 0.2) is 9.84 Å². The number of carbonyl (C=O) groups excluding carboxylic acids is 1. The number of hydrogen-bond donors (Lipinski definition) is 1. The van der Waals surface area contributed by atoms with E-state index in [1.54, 1.807) is 24.0 Å². The molecule has 1 aromatic carbocycles. The van der Waals surface area contributed by atoms with Gasteiger partial charge in [-0.2, -0.15) is 5.10 Å². The quantitative estimate of drug-likeness (QED) is 0.398. The Morgan fingerprint density at radius 2 is 1.88 bits per heavy atom. The molecular formula is C22H18ClN5O3S2. The van der Waals surface area contributed by atoms with Gasteiger partial charge in [-0.05, 0) is 54.8 Å². The van der Waals surface area contributed by atoms with Crippen LogP contribution in [-0.2, 0) is 16.4 Å². The summed E-state index contributed by atoms with van der Waals surface area (Å²) in [5.41, 5.74) is 3.67.